The molecule has 104 valence electrons. The number of hydrogen-bond acceptors (Lipinski definition) is 2. The Morgan fingerprint density at radius 2 is 1.95 bits per heavy atom. The van der Waals surface area contributed by atoms with Crippen molar-refractivity contribution in [3.63, 3.8) is 0 Å². The van der Waals surface area contributed by atoms with Crippen LogP contribution in [0, 0.1) is 4.64 Å². The highest BCUT2D eigenvalue weighted by Gasteiger charge is 2.30. The van der Waals surface area contributed by atoms with Crippen molar-refractivity contribution in [2.75, 3.05) is 0 Å². The maximum Gasteiger partial charge on any atom is 0.416 e. The van der Waals surface area contributed by atoms with Gasteiger partial charge in [0.15, 0.2) is 0 Å². The first-order valence-electron chi connectivity index (χ1n) is 6.22. The lowest BCUT2D eigenvalue weighted by atomic mass is 10.1. The number of rotatable bonds is 2. The number of alkyl halides is 3. The zero-order valence-electron chi connectivity index (χ0n) is 10.4. The highest BCUT2D eigenvalue weighted by Crippen LogP contribution is 2.39. The number of nitrogens with zero attached hydrogens (tertiary/aromatic N) is 1. The first-order chi connectivity index (χ1) is 9.43. The maximum atomic E-state index is 12.7. The Morgan fingerprint density at radius 1 is 1.20 bits per heavy atom. The average molecular weight is 296 g/mol. The summed E-state index contributed by atoms with van der Waals surface area (Å²) in [5.74, 6) is 0.828. The van der Waals surface area contributed by atoms with Gasteiger partial charge < -0.3 is 4.98 Å². The molecule has 1 aromatic heterocycles. The lowest BCUT2D eigenvalue weighted by molar-refractivity contribution is -0.137. The Bertz CT molecular complexity index is 702. The van der Waals surface area contributed by atoms with E-state index in [0.717, 1.165) is 30.7 Å². The van der Waals surface area contributed by atoms with Crippen LogP contribution in [0.3, 0.4) is 0 Å². The molecule has 1 N–H and O–H groups in total. The minimum atomic E-state index is -4.36. The summed E-state index contributed by atoms with van der Waals surface area (Å²) in [6.07, 6.45) is -2.20. The molecule has 0 aliphatic heterocycles. The summed E-state index contributed by atoms with van der Waals surface area (Å²) in [7, 11) is 0. The Labute approximate surface area is 118 Å². The van der Waals surface area contributed by atoms with Crippen molar-refractivity contribution in [2.45, 2.75) is 24.9 Å². The van der Waals surface area contributed by atoms with Gasteiger partial charge in [0, 0.05) is 11.3 Å². The monoisotopic (exact) mass is 296 g/mol. The van der Waals surface area contributed by atoms with Crippen molar-refractivity contribution in [1.82, 2.24) is 9.97 Å². The molecule has 1 aliphatic rings. The van der Waals surface area contributed by atoms with Gasteiger partial charge in [-0.1, -0.05) is 24.4 Å². The number of nitrogens with one attached hydrogen (secondary N) is 1. The topological polar surface area (TPSA) is 28.7 Å². The Balaban J connectivity index is 2.06. The van der Waals surface area contributed by atoms with Crippen LogP contribution in [0.4, 0.5) is 13.2 Å². The number of halogens is 3. The fourth-order valence-corrected chi connectivity index (χ4v) is 2.29. The second kappa shape index (κ2) is 4.70. The predicted molar refractivity (Wildman–Crippen MR) is 71.8 cm³/mol. The molecule has 20 heavy (non-hydrogen) atoms. The van der Waals surface area contributed by atoms with Gasteiger partial charge >= 0.3 is 6.18 Å². The highest BCUT2D eigenvalue weighted by molar-refractivity contribution is 7.71. The third-order valence-electron chi connectivity index (χ3n) is 3.24. The number of H-pyrrole nitrogens is 1. The molecule has 1 aliphatic carbocycles. The van der Waals surface area contributed by atoms with Crippen molar-refractivity contribution >= 4 is 12.2 Å². The lowest BCUT2D eigenvalue weighted by Gasteiger charge is -2.09. The SMILES string of the molecule is FC(F)(F)c1cccc(-c2nc(=S)cc(C3CC3)[nH]2)c1. The second-order valence-electron chi connectivity index (χ2n) is 4.88. The van der Waals surface area contributed by atoms with E-state index in [1.165, 1.54) is 6.07 Å². The molecule has 0 saturated heterocycles. The van der Waals surface area contributed by atoms with E-state index < -0.39 is 11.7 Å². The second-order valence-corrected chi connectivity index (χ2v) is 5.29. The van der Waals surface area contributed by atoms with Crippen LogP contribution in [-0.4, -0.2) is 9.97 Å². The molecule has 1 heterocycles. The van der Waals surface area contributed by atoms with Gasteiger partial charge in [0.2, 0.25) is 0 Å². The molecular weight excluding hydrogens is 285 g/mol. The number of benzene rings is 1. The largest absolute Gasteiger partial charge is 0.416 e. The number of hydrogen-bond donors (Lipinski definition) is 1. The van der Waals surface area contributed by atoms with Crippen LogP contribution in [0.15, 0.2) is 30.3 Å². The van der Waals surface area contributed by atoms with Crippen LogP contribution in [0.2, 0.25) is 0 Å². The Morgan fingerprint density at radius 3 is 2.60 bits per heavy atom. The first kappa shape index (κ1) is 13.3. The molecule has 0 bridgehead atoms. The molecule has 3 rings (SSSR count). The van der Waals surface area contributed by atoms with E-state index in [4.69, 9.17) is 12.2 Å². The van der Waals surface area contributed by atoms with Crippen LogP contribution in [0.25, 0.3) is 11.4 Å². The van der Waals surface area contributed by atoms with Gasteiger partial charge in [-0.2, -0.15) is 13.2 Å². The Hall–Kier alpha value is -1.69. The quantitative estimate of drug-likeness (QED) is 0.814. The molecule has 0 unspecified atom stereocenters. The molecule has 1 fully saturated rings. The van der Waals surface area contributed by atoms with Crippen molar-refractivity contribution in [3.8, 4) is 11.4 Å². The van der Waals surface area contributed by atoms with Crippen molar-refractivity contribution in [2.24, 2.45) is 0 Å². The van der Waals surface area contributed by atoms with Gasteiger partial charge in [0.1, 0.15) is 10.5 Å². The summed E-state index contributed by atoms with van der Waals surface area (Å²) in [5.41, 5.74) is 0.666. The molecule has 0 amide bonds. The van der Waals surface area contributed by atoms with Gasteiger partial charge in [-0.15, -0.1) is 0 Å². The standard InChI is InChI=1S/C14H11F3N2S/c15-14(16,17)10-3-1-2-9(6-10)13-18-11(8-4-5-8)7-12(20)19-13/h1-3,6-8H,4-5H2,(H,18,19,20). The summed E-state index contributed by atoms with van der Waals surface area (Å²) in [6, 6.07) is 6.89. The molecule has 1 saturated carbocycles. The summed E-state index contributed by atoms with van der Waals surface area (Å²) in [6.45, 7) is 0. The van der Waals surface area contributed by atoms with Crippen LogP contribution >= 0.6 is 12.2 Å². The van der Waals surface area contributed by atoms with Gasteiger partial charge in [0.05, 0.1) is 5.56 Å². The predicted octanol–water partition coefficient (Wildman–Crippen LogP) is 4.70. The van der Waals surface area contributed by atoms with Gasteiger partial charge in [-0.05, 0) is 37.0 Å². The van der Waals surface area contributed by atoms with Crippen molar-refractivity contribution in [3.05, 3.63) is 46.2 Å². The van der Waals surface area contributed by atoms with E-state index in [-0.39, 0.29) is 0 Å². The van der Waals surface area contributed by atoms with Crippen molar-refractivity contribution < 1.29 is 13.2 Å². The van der Waals surface area contributed by atoms with E-state index in [1.54, 1.807) is 12.1 Å². The third kappa shape index (κ3) is 2.75. The lowest BCUT2D eigenvalue weighted by Crippen LogP contribution is -2.05. The number of aromatic nitrogens is 2. The van der Waals surface area contributed by atoms with Crippen molar-refractivity contribution in [1.29, 1.82) is 0 Å². The van der Waals surface area contributed by atoms with Gasteiger partial charge in [0.25, 0.3) is 0 Å². The minimum absolute atomic E-state index is 0.394. The Kier molecular flexibility index (Phi) is 3.12. The molecular formula is C14H11F3N2S. The smallest absolute Gasteiger partial charge is 0.343 e. The molecule has 1 aromatic carbocycles. The zero-order chi connectivity index (χ0) is 14.3. The molecule has 2 aromatic rings. The number of aromatic amines is 1. The van der Waals surface area contributed by atoms with Crippen LogP contribution in [-0.2, 0) is 6.18 Å². The fraction of sp³-hybridized carbons (Fsp3) is 0.286. The minimum Gasteiger partial charge on any atom is -0.343 e. The van der Waals surface area contributed by atoms with Gasteiger partial charge in [-0.3, -0.25) is 0 Å². The average Bonchev–Trinajstić information content (AvgIpc) is 3.21. The molecule has 0 atom stereocenters. The summed E-state index contributed by atoms with van der Waals surface area (Å²) < 4.78 is 38.6. The normalized spacial score (nSPS) is 15.3. The molecule has 2 nitrogen and oxygen atoms in total. The van der Waals surface area contributed by atoms with E-state index in [2.05, 4.69) is 9.97 Å². The van der Waals surface area contributed by atoms with Crippen LogP contribution in [0.1, 0.15) is 30.0 Å². The summed E-state index contributed by atoms with van der Waals surface area (Å²) in [5, 5.41) is 0. The molecule has 6 heteroatoms. The van der Waals surface area contributed by atoms with Crippen LogP contribution in [0.5, 0.6) is 0 Å². The maximum absolute atomic E-state index is 12.7. The van der Waals surface area contributed by atoms with E-state index in [0.29, 0.717) is 21.9 Å². The summed E-state index contributed by atoms with van der Waals surface area (Å²) in [4.78, 5) is 7.23. The van der Waals surface area contributed by atoms with E-state index in [9.17, 15) is 13.2 Å². The van der Waals surface area contributed by atoms with Crippen LogP contribution < -0.4 is 0 Å². The first-order valence-corrected chi connectivity index (χ1v) is 6.63. The van der Waals surface area contributed by atoms with E-state index >= 15 is 0 Å². The summed E-state index contributed by atoms with van der Waals surface area (Å²) >= 11 is 5.09. The van der Waals surface area contributed by atoms with Gasteiger partial charge in [-0.25, -0.2) is 4.98 Å². The van der Waals surface area contributed by atoms with E-state index in [1.807, 2.05) is 0 Å². The third-order valence-corrected chi connectivity index (χ3v) is 3.45. The fourth-order valence-electron chi connectivity index (χ4n) is 2.07. The molecule has 0 radical (unpaired) electrons. The highest BCUT2D eigenvalue weighted by atomic mass is 32.1. The zero-order valence-corrected chi connectivity index (χ0v) is 11.2. The molecule has 0 spiro atoms.